The maximum atomic E-state index is 11.8. The molecule has 2 rings (SSSR count). The van der Waals surface area contributed by atoms with Gasteiger partial charge in [-0.25, -0.2) is 9.59 Å². The molecule has 0 saturated heterocycles. The van der Waals surface area contributed by atoms with Crippen molar-refractivity contribution in [2.45, 2.75) is 0 Å². The lowest BCUT2D eigenvalue weighted by molar-refractivity contribution is -0.133. The maximum absolute atomic E-state index is 11.8. The molecule has 6 heteroatoms. The predicted octanol–water partition coefficient (Wildman–Crippen LogP) is 1.01. The van der Waals surface area contributed by atoms with Gasteiger partial charge in [-0.2, -0.15) is 0 Å². The molecule has 6 nitrogen and oxygen atoms in total. The molecule has 0 aliphatic rings. The van der Waals surface area contributed by atoms with Crippen LogP contribution in [0.25, 0.3) is 16.6 Å². The SMILES string of the molecule is O=C(O)/C=C(/C(=O)O)n1c(=O)ccc2ccccc21. The van der Waals surface area contributed by atoms with Crippen LogP contribution in [0, 0.1) is 0 Å². The van der Waals surface area contributed by atoms with Gasteiger partial charge >= 0.3 is 11.9 Å². The Hall–Kier alpha value is -2.89. The van der Waals surface area contributed by atoms with E-state index < -0.39 is 23.2 Å². The van der Waals surface area contributed by atoms with E-state index in [9.17, 15) is 14.4 Å². The third-order valence-corrected chi connectivity index (χ3v) is 2.52. The second-order valence-electron chi connectivity index (χ2n) is 3.74. The fourth-order valence-electron chi connectivity index (χ4n) is 1.77. The van der Waals surface area contributed by atoms with Crippen LogP contribution in [-0.4, -0.2) is 26.7 Å². The molecule has 0 saturated carbocycles. The average Bonchev–Trinajstić information content (AvgIpc) is 2.36. The molecule has 0 amide bonds. The van der Waals surface area contributed by atoms with Crippen molar-refractivity contribution >= 4 is 28.5 Å². The van der Waals surface area contributed by atoms with Crippen molar-refractivity contribution in [2.24, 2.45) is 0 Å². The fourth-order valence-corrected chi connectivity index (χ4v) is 1.77. The van der Waals surface area contributed by atoms with Crippen LogP contribution in [0.4, 0.5) is 0 Å². The first-order valence-electron chi connectivity index (χ1n) is 5.30. The highest BCUT2D eigenvalue weighted by Gasteiger charge is 2.15. The molecule has 0 aliphatic carbocycles. The molecule has 1 aromatic heterocycles. The lowest BCUT2D eigenvalue weighted by atomic mass is 10.2. The number of hydrogen-bond donors (Lipinski definition) is 2. The smallest absolute Gasteiger partial charge is 0.353 e. The van der Waals surface area contributed by atoms with Crippen molar-refractivity contribution in [3.05, 3.63) is 52.8 Å². The summed E-state index contributed by atoms with van der Waals surface area (Å²) in [6.45, 7) is 0. The number of rotatable bonds is 3. The quantitative estimate of drug-likeness (QED) is 0.802. The van der Waals surface area contributed by atoms with Crippen LogP contribution in [0.15, 0.2) is 47.3 Å². The van der Waals surface area contributed by atoms with Crippen molar-refractivity contribution in [1.82, 2.24) is 4.57 Å². The summed E-state index contributed by atoms with van der Waals surface area (Å²) in [5.41, 5.74) is -0.868. The first-order chi connectivity index (χ1) is 9.00. The van der Waals surface area contributed by atoms with Crippen molar-refractivity contribution in [1.29, 1.82) is 0 Å². The minimum atomic E-state index is -1.49. The normalized spacial score (nSPS) is 11.5. The Labute approximate surface area is 106 Å². The molecule has 0 radical (unpaired) electrons. The lowest BCUT2D eigenvalue weighted by Gasteiger charge is -2.09. The number of pyridine rings is 1. The van der Waals surface area contributed by atoms with Gasteiger partial charge in [0, 0.05) is 6.07 Å². The Morgan fingerprint density at radius 1 is 1.05 bits per heavy atom. The Bertz CT molecular complexity index is 757. The van der Waals surface area contributed by atoms with E-state index in [0.717, 1.165) is 4.57 Å². The van der Waals surface area contributed by atoms with Gasteiger partial charge < -0.3 is 10.2 Å². The number of aromatic nitrogens is 1. The molecule has 0 unspecified atom stereocenters. The van der Waals surface area contributed by atoms with Crippen LogP contribution in [0.5, 0.6) is 0 Å². The molecule has 2 N–H and O–H groups in total. The largest absolute Gasteiger partial charge is 0.478 e. The molecule has 1 aromatic carbocycles. The highest BCUT2D eigenvalue weighted by Crippen LogP contribution is 2.15. The van der Waals surface area contributed by atoms with E-state index in [0.29, 0.717) is 17.0 Å². The Morgan fingerprint density at radius 2 is 1.74 bits per heavy atom. The number of para-hydroxylation sites is 1. The second-order valence-corrected chi connectivity index (χ2v) is 3.74. The average molecular weight is 259 g/mol. The zero-order chi connectivity index (χ0) is 14.0. The summed E-state index contributed by atoms with van der Waals surface area (Å²) in [5, 5.41) is 18.4. The van der Waals surface area contributed by atoms with Crippen molar-refractivity contribution in [3.63, 3.8) is 0 Å². The van der Waals surface area contributed by atoms with Gasteiger partial charge in [-0.3, -0.25) is 9.36 Å². The molecule has 0 bridgehead atoms. The van der Waals surface area contributed by atoms with Crippen molar-refractivity contribution < 1.29 is 19.8 Å². The van der Waals surface area contributed by atoms with E-state index in [1.54, 1.807) is 30.3 Å². The summed E-state index contributed by atoms with van der Waals surface area (Å²) in [6, 6.07) is 9.37. The second kappa shape index (κ2) is 4.77. The number of fused-ring (bicyclic) bond motifs is 1. The fraction of sp³-hybridized carbons (Fsp3) is 0. The molecule has 0 atom stereocenters. The molecular weight excluding hydrogens is 250 g/mol. The number of nitrogens with zero attached hydrogens (tertiary/aromatic N) is 1. The van der Waals surface area contributed by atoms with Crippen LogP contribution < -0.4 is 5.56 Å². The van der Waals surface area contributed by atoms with Crippen LogP contribution >= 0.6 is 0 Å². The van der Waals surface area contributed by atoms with Gasteiger partial charge in [0.1, 0.15) is 5.70 Å². The molecule has 96 valence electrons. The first kappa shape index (κ1) is 12.6. The van der Waals surface area contributed by atoms with Gasteiger partial charge in [0.2, 0.25) is 0 Å². The molecular formula is C13H9NO5. The van der Waals surface area contributed by atoms with Crippen LogP contribution in [0.2, 0.25) is 0 Å². The van der Waals surface area contributed by atoms with E-state index >= 15 is 0 Å². The van der Waals surface area contributed by atoms with E-state index in [1.165, 1.54) is 6.07 Å². The summed E-state index contributed by atoms with van der Waals surface area (Å²) >= 11 is 0. The van der Waals surface area contributed by atoms with E-state index in [2.05, 4.69) is 0 Å². The summed E-state index contributed by atoms with van der Waals surface area (Å²) in [5.74, 6) is -2.92. The number of carbonyl (C=O) groups is 2. The molecule has 1 heterocycles. The first-order valence-corrected chi connectivity index (χ1v) is 5.30. The van der Waals surface area contributed by atoms with Gasteiger partial charge in [-0.05, 0) is 17.5 Å². The van der Waals surface area contributed by atoms with Gasteiger partial charge in [0.25, 0.3) is 5.56 Å². The number of benzene rings is 1. The third-order valence-electron chi connectivity index (χ3n) is 2.52. The summed E-state index contributed by atoms with van der Waals surface area (Å²) in [4.78, 5) is 33.6. The number of hydrogen-bond acceptors (Lipinski definition) is 3. The maximum Gasteiger partial charge on any atom is 0.353 e. The zero-order valence-corrected chi connectivity index (χ0v) is 9.61. The van der Waals surface area contributed by atoms with Gasteiger partial charge in [0.15, 0.2) is 0 Å². The lowest BCUT2D eigenvalue weighted by Crippen LogP contribution is -2.23. The van der Waals surface area contributed by atoms with E-state index in [1.807, 2.05) is 0 Å². The third kappa shape index (κ3) is 2.37. The minimum Gasteiger partial charge on any atom is -0.478 e. The highest BCUT2D eigenvalue weighted by atomic mass is 16.4. The monoisotopic (exact) mass is 259 g/mol. The minimum absolute atomic E-state index is 0.338. The summed E-state index contributed by atoms with van der Waals surface area (Å²) in [6.07, 6.45) is 0.496. The zero-order valence-electron chi connectivity index (χ0n) is 9.61. The molecule has 19 heavy (non-hydrogen) atoms. The van der Waals surface area contributed by atoms with Crippen molar-refractivity contribution in [3.8, 4) is 0 Å². The number of aliphatic carboxylic acids is 2. The highest BCUT2D eigenvalue weighted by molar-refractivity contribution is 6.14. The van der Waals surface area contributed by atoms with Gasteiger partial charge in [-0.15, -0.1) is 0 Å². The Kier molecular flexibility index (Phi) is 3.15. The summed E-state index contributed by atoms with van der Waals surface area (Å²) in [7, 11) is 0. The topological polar surface area (TPSA) is 96.6 Å². The van der Waals surface area contributed by atoms with Gasteiger partial charge in [0.05, 0.1) is 11.6 Å². The van der Waals surface area contributed by atoms with Gasteiger partial charge in [-0.1, -0.05) is 18.2 Å². The number of carboxylic acids is 2. The van der Waals surface area contributed by atoms with E-state index in [4.69, 9.17) is 10.2 Å². The van der Waals surface area contributed by atoms with Crippen molar-refractivity contribution in [2.75, 3.05) is 0 Å². The number of carboxylic acid groups (broad SMARTS) is 2. The Morgan fingerprint density at radius 3 is 2.37 bits per heavy atom. The molecule has 2 aromatic rings. The van der Waals surface area contributed by atoms with Crippen LogP contribution in [-0.2, 0) is 9.59 Å². The standard InChI is InChI=1S/C13H9NO5/c15-11-6-5-8-3-1-2-4-9(8)14(11)10(13(18)19)7-12(16)17/h1-7H,(H,16,17)(H,18,19)/b10-7-. The summed E-state index contributed by atoms with van der Waals surface area (Å²) < 4.78 is 0.867. The van der Waals surface area contributed by atoms with Crippen LogP contribution in [0.3, 0.4) is 0 Å². The predicted molar refractivity (Wildman–Crippen MR) is 67.8 cm³/mol. The molecule has 0 spiro atoms. The Balaban J connectivity index is 2.87. The molecule has 0 aliphatic heterocycles. The van der Waals surface area contributed by atoms with E-state index in [-0.39, 0.29) is 0 Å². The molecule has 0 fully saturated rings. The van der Waals surface area contributed by atoms with Crippen LogP contribution in [0.1, 0.15) is 0 Å².